The Balaban J connectivity index is 1.80. The number of benzene rings is 2. The molecule has 4 nitrogen and oxygen atoms in total. The van der Waals surface area contributed by atoms with E-state index in [2.05, 4.69) is 5.32 Å². The van der Waals surface area contributed by atoms with Gasteiger partial charge in [0, 0.05) is 34.4 Å². The molecule has 0 spiro atoms. The van der Waals surface area contributed by atoms with Gasteiger partial charge in [-0.05, 0) is 60.9 Å². The molecule has 1 aliphatic heterocycles. The molecule has 25 heavy (non-hydrogen) atoms. The number of hydrogen-bond acceptors (Lipinski definition) is 2. The van der Waals surface area contributed by atoms with Crippen LogP contribution in [0.1, 0.15) is 36.2 Å². The van der Waals surface area contributed by atoms with E-state index in [1.54, 1.807) is 24.3 Å². The third kappa shape index (κ3) is 3.85. The van der Waals surface area contributed by atoms with Crippen LogP contribution in [0.4, 0.5) is 11.4 Å². The van der Waals surface area contributed by atoms with E-state index in [1.807, 2.05) is 36.9 Å². The van der Waals surface area contributed by atoms with Gasteiger partial charge >= 0.3 is 0 Å². The predicted molar refractivity (Wildman–Crippen MR) is 101 cm³/mol. The highest BCUT2D eigenvalue weighted by Gasteiger charge is 2.24. The number of aryl methyl sites for hydroxylation is 1. The lowest BCUT2D eigenvalue weighted by Crippen LogP contribution is -2.38. The Hall–Kier alpha value is -2.33. The van der Waals surface area contributed by atoms with Crippen LogP contribution in [0.15, 0.2) is 42.5 Å². The summed E-state index contributed by atoms with van der Waals surface area (Å²) in [6.45, 7) is 4.58. The van der Waals surface area contributed by atoms with Crippen molar-refractivity contribution < 1.29 is 9.59 Å². The molecule has 130 valence electrons. The lowest BCUT2D eigenvalue weighted by atomic mass is 9.99. The van der Waals surface area contributed by atoms with E-state index in [0.29, 0.717) is 10.6 Å². The summed E-state index contributed by atoms with van der Waals surface area (Å²) in [5, 5.41) is 3.51. The van der Waals surface area contributed by atoms with Crippen molar-refractivity contribution >= 4 is 34.8 Å². The molecule has 3 rings (SSSR count). The summed E-state index contributed by atoms with van der Waals surface area (Å²) in [6.07, 6.45) is 1.84. The summed E-state index contributed by atoms with van der Waals surface area (Å²) < 4.78 is 0. The van der Waals surface area contributed by atoms with Gasteiger partial charge in [0.15, 0.2) is 0 Å². The molecule has 0 saturated heterocycles. The number of carbonyl (C=O) groups excluding carboxylic acids is 2. The van der Waals surface area contributed by atoms with Crippen molar-refractivity contribution in [3.63, 3.8) is 0 Å². The Morgan fingerprint density at radius 3 is 2.52 bits per heavy atom. The molecule has 1 N–H and O–H groups in total. The zero-order chi connectivity index (χ0) is 18.0. The number of hydrogen-bond donors (Lipinski definition) is 1. The summed E-state index contributed by atoms with van der Waals surface area (Å²) >= 11 is 5.85. The Morgan fingerprint density at radius 2 is 1.84 bits per heavy atom. The highest BCUT2D eigenvalue weighted by molar-refractivity contribution is 6.30. The van der Waals surface area contributed by atoms with Crippen molar-refractivity contribution in [3.05, 3.63) is 58.6 Å². The van der Waals surface area contributed by atoms with Gasteiger partial charge < -0.3 is 10.2 Å². The molecule has 0 unspecified atom stereocenters. The van der Waals surface area contributed by atoms with E-state index < -0.39 is 0 Å². The number of rotatable bonds is 3. The molecule has 0 bridgehead atoms. The van der Waals surface area contributed by atoms with Crippen LogP contribution in [0, 0.1) is 5.92 Å². The monoisotopic (exact) mass is 356 g/mol. The molecule has 2 aromatic carbocycles. The van der Waals surface area contributed by atoms with E-state index in [0.717, 1.165) is 36.3 Å². The van der Waals surface area contributed by atoms with Crippen molar-refractivity contribution in [2.45, 2.75) is 26.7 Å². The Morgan fingerprint density at radius 1 is 1.12 bits per heavy atom. The van der Waals surface area contributed by atoms with Crippen molar-refractivity contribution in [1.29, 1.82) is 0 Å². The summed E-state index contributed by atoms with van der Waals surface area (Å²) in [6, 6.07) is 12.5. The fourth-order valence-electron chi connectivity index (χ4n) is 3.02. The van der Waals surface area contributed by atoms with Crippen LogP contribution in [0.25, 0.3) is 0 Å². The first kappa shape index (κ1) is 17.5. The van der Waals surface area contributed by atoms with Gasteiger partial charge in [-0.3, -0.25) is 9.59 Å². The van der Waals surface area contributed by atoms with E-state index in [1.165, 1.54) is 0 Å². The van der Waals surface area contributed by atoms with Crippen LogP contribution < -0.4 is 10.2 Å². The maximum atomic E-state index is 12.4. The molecule has 0 aliphatic carbocycles. The molecule has 5 heteroatoms. The second kappa shape index (κ2) is 7.28. The zero-order valence-electron chi connectivity index (χ0n) is 14.4. The van der Waals surface area contributed by atoms with Crippen LogP contribution >= 0.6 is 11.6 Å². The fourth-order valence-corrected chi connectivity index (χ4v) is 3.15. The van der Waals surface area contributed by atoms with Crippen molar-refractivity contribution in [2.75, 3.05) is 16.8 Å². The number of anilines is 2. The van der Waals surface area contributed by atoms with Gasteiger partial charge in [-0.2, -0.15) is 0 Å². The number of nitrogens with zero attached hydrogens (tertiary/aromatic N) is 1. The van der Waals surface area contributed by atoms with Gasteiger partial charge in [-0.1, -0.05) is 25.4 Å². The molecule has 0 aromatic heterocycles. The summed E-state index contributed by atoms with van der Waals surface area (Å²) in [5.41, 5.74) is 3.33. The van der Waals surface area contributed by atoms with Gasteiger partial charge in [0.1, 0.15) is 0 Å². The highest BCUT2D eigenvalue weighted by Crippen LogP contribution is 2.31. The van der Waals surface area contributed by atoms with E-state index >= 15 is 0 Å². The highest BCUT2D eigenvalue weighted by atomic mass is 35.5. The topological polar surface area (TPSA) is 49.4 Å². The molecule has 1 aliphatic rings. The van der Waals surface area contributed by atoms with Crippen molar-refractivity contribution in [3.8, 4) is 0 Å². The predicted octanol–water partition coefficient (Wildman–Crippen LogP) is 4.53. The number of halogens is 1. The van der Waals surface area contributed by atoms with E-state index in [4.69, 9.17) is 11.6 Å². The molecule has 1 heterocycles. The van der Waals surface area contributed by atoms with Crippen LogP contribution in [0.5, 0.6) is 0 Å². The molecule has 2 amide bonds. The van der Waals surface area contributed by atoms with Gasteiger partial charge in [0.05, 0.1) is 0 Å². The Labute approximate surface area is 152 Å². The lowest BCUT2D eigenvalue weighted by Gasteiger charge is -2.31. The summed E-state index contributed by atoms with van der Waals surface area (Å²) in [5.74, 6) is -0.0725. The molecule has 0 radical (unpaired) electrons. The third-order valence-corrected chi connectivity index (χ3v) is 4.57. The molecular weight excluding hydrogens is 336 g/mol. The molecule has 0 saturated carbocycles. The molecular formula is C20H21ClN2O2. The smallest absolute Gasteiger partial charge is 0.255 e. The van der Waals surface area contributed by atoms with Crippen molar-refractivity contribution in [2.24, 2.45) is 5.92 Å². The zero-order valence-corrected chi connectivity index (χ0v) is 15.1. The second-order valence-corrected chi connectivity index (χ2v) is 6.99. The molecule has 2 aromatic rings. The van der Waals surface area contributed by atoms with E-state index in [9.17, 15) is 9.59 Å². The Kier molecular flexibility index (Phi) is 5.09. The van der Waals surface area contributed by atoms with Crippen molar-refractivity contribution in [1.82, 2.24) is 0 Å². The van der Waals surface area contributed by atoms with Gasteiger partial charge in [0.25, 0.3) is 5.91 Å². The van der Waals surface area contributed by atoms with Crippen LogP contribution in [0.3, 0.4) is 0 Å². The maximum Gasteiger partial charge on any atom is 0.255 e. The van der Waals surface area contributed by atoms with Gasteiger partial charge in [0.2, 0.25) is 5.91 Å². The SMILES string of the molecule is CC(C)C(=O)N1CCCc2cc(NC(=O)c3ccc(Cl)cc3)ccc21. The minimum Gasteiger partial charge on any atom is -0.322 e. The minimum atomic E-state index is -0.178. The first-order valence-corrected chi connectivity index (χ1v) is 8.84. The van der Waals surface area contributed by atoms with Crippen LogP contribution in [-0.2, 0) is 11.2 Å². The first-order valence-electron chi connectivity index (χ1n) is 8.47. The standard InChI is InChI=1S/C20H21ClN2O2/c1-13(2)20(25)23-11-3-4-15-12-17(9-10-18(15)23)22-19(24)14-5-7-16(21)8-6-14/h5-10,12-13H,3-4,11H2,1-2H3,(H,22,24). The number of amides is 2. The number of carbonyl (C=O) groups is 2. The van der Waals surface area contributed by atoms with Gasteiger partial charge in [-0.15, -0.1) is 0 Å². The normalized spacial score (nSPS) is 13.5. The second-order valence-electron chi connectivity index (χ2n) is 6.55. The third-order valence-electron chi connectivity index (χ3n) is 4.32. The largest absolute Gasteiger partial charge is 0.322 e. The first-order chi connectivity index (χ1) is 12.0. The quantitative estimate of drug-likeness (QED) is 0.878. The lowest BCUT2D eigenvalue weighted by molar-refractivity contribution is -0.121. The molecule has 0 atom stereocenters. The average molecular weight is 357 g/mol. The van der Waals surface area contributed by atoms with Gasteiger partial charge in [-0.25, -0.2) is 0 Å². The Bertz CT molecular complexity index is 800. The van der Waals surface area contributed by atoms with Crippen LogP contribution in [-0.4, -0.2) is 18.4 Å². The number of nitrogens with one attached hydrogen (secondary N) is 1. The maximum absolute atomic E-state index is 12.4. The summed E-state index contributed by atoms with van der Waals surface area (Å²) in [4.78, 5) is 26.6. The number of fused-ring (bicyclic) bond motifs is 1. The minimum absolute atomic E-state index is 0.0322. The fraction of sp³-hybridized carbons (Fsp3) is 0.300. The summed E-state index contributed by atoms with van der Waals surface area (Å²) in [7, 11) is 0. The average Bonchev–Trinajstić information content (AvgIpc) is 2.60. The van der Waals surface area contributed by atoms with Crippen LogP contribution in [0.2, 0.25) is 5.02 Å². The molecule has 0 fully saturated rings. The van der Waals surface area contributed by atoms with E-state index in [-0.39, 0.29) is 17.7 Å².